The van der Waals surface area contributed by atoms with Gasteiger partial charge in [0.25, 0.3) is 0 Å². The van der Waals surface area contributed by atoms with Gasteiger partial charge in [-0.05, 0) is 77.5 Å². The summed E-state index contributed by atoms with van der Waals surface area (Å²) in [7, 11) is 0. The van der Waals surface area contributed by atoms with Crippen molar-refractivity contribution in [3.8, 4) is 5.75 Å². The molecule has 0 amide bonds. The topological polar surface area (TPSA) is 61.8 Å². The number of benzene rings is 1. The van der Waals surface area contributed by atoms with Crippen LogP contribution in [0.2, 0.25) is 0 Å². The van der Waals surface area contributed by atoms with Gasteiger partial charge in [0.15, 0.2) is 0 Å². The van der Waals surface area contributed by atoms with Crippen LogP contribution < -0.4 is 4.74 Å². The van der Waals surface area contributed by atoms with Gasteiger partial charge in [0.05, 0.1) is 5.92 Å². The maximum atomic E-state index is 12.5. The minimum absolute atomic E-state index is 0.159. The first-order chi connectivity index (χ1) is 12.6. The molecule has 0 bridgehead atoms. The zero-order valence-electron chi connectivity index (χ0n) is 18.8. The molecule has 1 aromatic carbocycles. The van der Waals surface area contributed by atoms with Gasteiger partial charge in [-0.2, -0.15) is 0 Å². The second-order valence-electron chi connectivity index (χ2n) is 9.82. The van der Waals surface area contributed by atoms with E-state index < -0.39 is 17.4 Å². The highest BCUT2D eigenvalue weighted by Gasteiger charge is 2.31. The maximum Gasteiger partial charge on any atom is 0.514 e. The zero-order valence-corrected chi connectivity index (χ0v) is 18.8. The van der Waals surface area contributed by atoms with E-state index in [2.05, 4.69) is 13.8 Å². The minimum Gasteiger partial charge on any atom is -0.460 e. The predicted molar refractivity (Wildman–Crippen MR) is 111 cm³/mol. The van der Waals surface area contributed by atoms with Crippen molar-refractivity contribution in [1.82, 2.24) is 0 Å². The van der Waals surface area contributed by atoms with E-state index in [0.717, 1.165) is 12.0 Å². The summed E-state index contributed by atoms with van der Waals surface area (Å²) >= 11 is 0. The zero-order chi connectivity index (χ0) is 21.8. The van der Waals surface area contributed by atoms with Crippen LogP contribution in [-0.2, 0) is 19.7 Å². The number of hydrogen-bond donors (Lipinski definition) is 0. The molecule has 28 heavy (non-hydrogen) atoms. The van der Waals surface area contributed by atoms with E-state index in [9.17, 15) is 9.59 Å². The molecule has 0 saturated carbocycles. The van der Waals surface area contributed by atoms with E-state index in [0.29, 0.717) is 12.2 Å². The first-order valence-electron chi connectivity index (χ1n) is 9.87. The van der Waals surface area contributed by atoms with Crippen molar-refractivity contribution in [2.45, 2.75) is 91.8 Å². The van der Waals surface area contributed by atoms with Gasteiger partial charge < -0.3 is 14.2 Å². The van der Waals surface area contributed by atoms with Crippen LogP contribution in [0.3, 0.4) is 0 Å². The molecule has 1 unspecified atom stereocenters. The molecule has 5 nitrogen and oxygen atoms in total. The number of ether oxygens (including phenoxy) is 3. The van der Waals surface area contributed by atoms with Gasteiger partial charge in [-0.15, -0.1) is 0 Å². The molecule has 0 saturated heterocycles. The van der Waals surface area contributed by atoms with Crippen molar-refractivity contribution in [1.29, 1.82) is 0 Å². The predicted octanol–water partition coefficient (Wildman–Crippen LogP) is 6.04. The van der Waals surface area contributed by atoms with E-state index in [-0.39, 0.29) is 17.3 Å². The summed E-state index contributed by atoms with van der Waals surface area (Å²) in [6, 6.07) is 7.33. The molecule has 0 aliphatic heterocycles. The van der Waals surface area contributed by atoms with Crippen molar-refractivity contribution < 1.29 is 23.8 Å². The number of esters is 1. The summed E-state index contributed by atoms with van der Waals surface area (Å²) in [6.07, 6.45) is 0.665. The third-order valence-electron chi connectivity index (χ3n) is 4.22. The maximum absolute atomic E-state index is 12.5. The highest BCUT2D eigenvalue weighted by atomic mass is 16.7. The highest BCUT2D eigenvalue weighted by Crippen LogP contribution is 2.34. The van der Waals surface area contributed by atoms with E-state index in [4.69, 9.17) is 14.2 Å². The molecule has 5 heteroatoms. The summed E-state index contributed by atoms with van der Waals surface area (Å²) in [5, 5.41) is 0. The first-order valence-corrected chi connectivity index (χ1v) is 9.87. The van der Waals surface area contributed by atoms with Crippen LogP contribution in [0.5, 0.6) is 5.75 Å². The minimum atomic E-state index is -0.726. The monoisotopic (exact) mass is 392 g/mol. The Balaban J connectivity index is 2.82. The van der Waals surface area contributed by atoms with Crippen molar-refractivity contribution in [2.75, 3.05) is 0 Å². The highest BCUT2D eigenvalue weighted by molar-refractivity contribution is 5.73. The van der Waals surface area contributed by atoms with Crippen molar-refractivity contribution in [2.24, 2.45) is 5.92 Å². The molecule has 0 radical (unpaired) electrons. The van der Waals surface area contributed by atoms with Crippen LogP contribution >= 0.6 is 0 Å². The summed E-state index contributed by atoms with van der Waals surface area (Å²) in [4.78, 5) is 24.3. The SMILES string of the molecule is CCC(CC(C)(C)c1ccc(OC(=O)OC(C)(C)C)cc1)C(=O)OC(C)(C)C. The molecular formula is C23H36O5. The van der Waals surface area contributed by atoms with Gasteiger partial charge in [-0.1, -0.05) is 32.9 Å². The molecule has 0 fully saturated rings. The Labute approximate surface area is 169 Å². The second kappa shape index (κ2) is 8.97. The van der Waals surface area contributed by atoms with Crippen LogP contribution in [0, 0.1) is 5.92 Å². The standard InChI is InChI=1S/C23H36O5/c1-10-16(19(24)27-21(2,3)4)15-23(8,9)17-11-13-18(14-12-17)26-20(25)28-22(5,6)7/h11-14,16H,10,15H2,1-9H3. The third kappa shape index (κ3) is 8.32. The van der Waals surface area contributed by atoms with Gasteiger partial charge >= 0.3 is 12.1 Å². The molecule has 0 N–H and O–H groups in total. The lowest BCUT2D eigenvalue weighted by atomic mass is 9.76. The second-order valence-corrected chi connectivity index (χ2v) is 9.82. The smallest absolute Gasteiger partial charge is 0.460 e. The molecule has 0 aliphatic carbocycles. The molecule has 1 aromatic rings. The number of carbonyl (C=O) groups excluding carboxylic acids is 2. The third-order valence-corrected chi connectivity index (χ3v) is 4.22. The molecule has 0 spiro atoms. The fourth-order valence-corrected chi connectivity index (χ4v) is 2.85. The lowest BCUT2D eigenvalue weighted by molar-refractivity contribution is -0.160. The normalized spacial score (nSPS) is 13.6. The number of hydrogen-bond acceptors (Lipinski definition) is 5. The lowest BCUT2D eigenvalue weighted by Gasteiger charge is -2.31. The number of carbonyl (C=O) groups is 2. The molecular weight excluding hydrogens is 356 g/mol. The Morgan fingerprint density at radius 1 is 0.857 bits per heavy atom. The van der Waals surface area contributed by atoms with Crippen LogP contribution in [0.4, 0.5) is 4.79 Å². The van der Waals surface area contributed by atoms with Gasteiger partial charge in [-0.3, -0.25) is 4.79 Å². The Kier molecular flexibility index (Phi) is 7.69. The molecule has 0 aromatic heterocycles. The summed E-state index contributed by atoms with van der Waals surface area (Å²) in [5.74, 6) is 0.0906. The van der Waals surface area contributed by atoms with Gasteiger partial charge in [0.2, 0.25) is 0 Å². The largest absolute Gasteiger partial charge is 0.514 e. The van der Waals surface area contributed by atoms with Crippen molar-refractivity contribution >= 4 is 12.1 Å². The van der Waals surface area contributed by atoms with Gasteiger partial charge in [0.1, 0.15) is 17.0 Å². The van der Waals surface area contributed by atoms with E-state index in [1.54, 1.807) is 32.9 Å². The van der Waals surface area contributed by atoms with Crippen molar-refractivity contribution in [3.63, 3.8) is 0 Å². The average Bonchev–Trinajstić information content (AvgIpc) is 2.49. The fraction of sp³-hybridized carbons (Fsp3) is 0.652. The van der Waals surface area contributed by atoms with Crippen LogP contribution in [0.15, 0.2) is 24.3 Å². The van der Waals surface area contributed by atoms with E-state index in [1.165, 1.54) is 0 Å². The van der Waals surface area contributed by atoms with E-state index in [1.807, 2.05) is 39.8 Å². The Morgan fingerprint density at radius 2 is 1.36 bits per heavy atom. The van der Waals surface area contributed by atoms with Gasteiger partial charge in [-0.25, -0.2) is 4.79 Å². The average molecular weight is 393 g/mol. The summed E-state index contributed by atoms with van der Waals surface area (Å²) in [6.45, 7) is 17.2. The van der Waals surface area contributed by atoms with Crippen LogP contribution in [0.1, 0.15) is 80.7 Å². The molecule has 1 rings (SSSR count). The van der Waals surface area contributed by atoms with Crippen LogP contribution in [-0.4, -0.2) is 23.3 Å². The summed E-state index contributed by atoms with van der Waals surface area (Å²) in [5.41, 5.74) is -0.265. The molecule has 0 aliphatic rings. The lowest BCUT2D eigenvalue weighted by Crippen LogP contribution is -2.32. The Bertz CT molecular complexity index is 660. The van der Waals surface area contributed by atoms with E-state index >= 15 is 0 Å². The quantitative estimate of drug-likeness (QED) is 0.436. The fourth-order valence-electron chi connectivity index (χ4n) is 2.85. The molecule has 0 heterocycles. The van der Waals surface area contributed by atoms with Crippen molar-refractivity contribution in [3.05, 3.63) is 29.8 Å². The number of rotatable bonds is 6. The molecule has 158 valence electrons. The molecule has 1 atom stereocenters. The Hall–Kier alpha value is -2.04. The van der Waals surface area contributed by atoms with Gasteiger partial charge in [0, 0.05) is 0 Å². The Morgan fingerprint density at radius 3 is 1.79 bits per heavy atom. The first kappa shape index (κ1) is 24.0. The van der Waals surface area contributed by atoms with Crippen LogP contribution in [0.25, 0.3) is 0 Å². The summed E-state index contributed by atoms with van der Waals surface area (Å²) < 4.78 is 15.9.